The molecule has 0 saturated heterocycles. The number of fused-ring (bicyclic) bond motifs is 1. The molecule has 0 spiro atoms. The molecule has 7 nitrogen and oxygen atoms in total. The number of hydrazone groups is 1. The number of nitrogens with one attached hydrogen (secondary N) is 2. The van der Waals surface area contributed by atoms with Gasteiger partial charge in [-0.15, -0.1) is 0 Å². The zero-order chi connectivity index (χ0) is 20.2. The van der Waals surface area contributed by atoms with Gasteiger partial charge in [0.25, 0.3) is 5.91 Å². The number of carbonyl (C=O) groups is 1. The molecule has 4 rings (SSSR count). The maximum absolute atomic E-state index is 11.9. The summed E-state index contributed by atoms with van der Waals surface area (Å²) in [6, 6.07) is 14.0. The fraction of sp³-hybridized carbons (Fsp3) is 0.100. The van der Waals surface area contributed by atoms with E-state index >= 15 is 0 Å². The molecule has 1 aromatic heterocycles. The maximum Gasteiger partial charge on any atom is 0.259 e. The number of rotatable bonds is 6. The number of nitrogens with zero attached hydrogens (tertiary/aromatic N) is 1. The number of anilines is 1. The van der Waals surface area contributed by atoms with Crippen molar-refractivity contribution in [1.29, 1.82) is 0 Å². The molecule has 1 amide bonds. The lowest BCUT2D eigenvalue weighted by molar-refractivity contribution is -0.119. The molecule has 0 saturated carbocycles. The van der Waals surface area contributed by atoms with E-state index in [4.69, 9.17) is 37.1 Å². The Hall–Kier alpha value is -3.16. The smallest absolute Gasteiger partial charge is 0.259 e. The van der Waals surface area contributed by atoms with Crippen molar-refractivity contribution in [3.63, 3.8) is 0 Å². The van der Waals surface area contributed by atoms with Crippen molar-refractivity contribution in [2.24, 2.45) is 5.10 Å². The van der Waals surface area contributed by atoms with Gasteiger partial charge in [0.05, 0.1) is 17.8 Å². The van der Waals surface area contributed by atoms with Gasteiger partial charge in [-0.2, -0.15) is 5.10 Å². The minimum atomic E-state index is -0.313. The normalized spacial score (nSPS) is 12.3. The maximum atomic E-state index is 11.9. The fourth-order valence-corrected chi connectivity index (χ4v) is 3.15. The van der Waals surface area contributed by atoms with Crippen molar-refractivity contribution in [2.75, 3.05) is 18.7 Å². The Balaban J connectivity index is 1.30. The zero-order valence-electron chi connectivity index (χ0n) is 14.9. The summed E-state index contributed by atoms with van der Waals surface area (Å²) in [6.45, 7) is 0.244. The van der Waals surface area contributed by atoms with E-state index in [9.17, 15) is 4.79 Å². The lowest BCUT2D eigenvalue weighted by Gasteiger charge is -2.06. The Labute approximate surface area is 176 Å². The van der Waals surface area contributed by atoms with Gasteiger partial charge in [0, 0.05) is 22.3 Å². The molecule has 2 heterocycles. The van der Waals surface area contributed by atoms with Crippen molar-refractivity contribution in [2.45, 2.75) is 0 Å². The van der Waals surface area contributed by atoms with Crippen molar-refractivity contribution < 1.29 is 18.7 Å². The van der Waals surface area contributed by atoms with Crippen molar-refractivity contribution in [1.82, 2.24) is 5.43 Å². The predicted molar refractivity (Wildman–Crippen MR) is 111 cm³/mol. The second-order valence-electron chi connectivity index (χ2n) is 6.04. The van der Waals surface area contributed by atoms with Gasteiger partial charge in [0.15, 0.2) is 11.5 Å². The van der Waals surface area contributed by atoms with Crippen LogP contribution in [0.2, 0.25) is 10.0 Å². The highest BCUT2D eigenvalue weighted by Crippen LogP contribution is 2.34. The standard InChI is InChI=1S/C20H15Cl2N3O4/c21-12-1-4-15(16(22)7-12)17-6-3-14(29-17)9-24-25-20(26)10-23-13-2-5-18-19(8-13)28-11-27-18/h1-9,23H,10-11H2,(H,25,26)/b24-9-. The summed E-state index contributed by atoms with van der Waals surface area (Å²) in [4.78, 5) is 11.9. The molecular formula is C20H15Cl2N3O4. The molecular weight excluding hydrogens is 417 g/mol. The number of benzene rings is 2. The molecule has 0 unspecified atom stereocenters. The molecule has 3 aromatic rings. The summed E-state index contributed by atoms with van der Waals surface area (Å²) in [5.41, 5.74) is 3.89. The van der Waals surface area contributed by atoms with Gasteiger partial charge in [-0.1, -0.05) is 23.2 Å². The Kier molecular flexibility index (Phi) is 5.59. The first kappa shape index (κ1) is 19.2. The third-order valence-corrected chi connectivity index (χ3v) is 4.58. The first-order valence-electron chi connectivity index (χ1n) is 8.59. The summed E-state index contributed by atoms with van der Waals surface area (Å²) in [5.74, 6) is 2.05. The molecule has 1 aliphatic rings. The molecule has 0 bridgehead atoms. The Morgan fingerprint density at radius 1 is 1.07 bits per heavy atom. The number of furan rings is 1. The third-order valence-electron chi connectivity index (χ3n) is 4.03. The van der Waals surface area contributed by atoms with Crippen molar-refractivity contribution in [3.05, 3.63) is 64.3 Å². The van der Waals surface area contributed by atoms with Crippen LogP contribution in [0, 0.1) is 0 Å². The van der Waals surface area contributed by atoms with Crippen LogP contribution < -0.4 is 20.2 Å². The molecule has 2 aromatic carbocycles. The Morgan fingerprint density at radius 2 is 1.93 bits per heavy atom. The average molecular weight is 432 g/mol. The van der Waals surface area contributed by atoms with E-state index in [1.807, 2.05) is 0 Å². The second-order valence-corrected chi connectivity index (χ2v) is 6.88. The van der Waals surface area contributed by atoms with Gasteiger partial charge < -0.3 is 19.2 Å². The highest BCUT2D eigenvalue weighted by atomic mass is 35.5. The minimum Gasteiger partial charge on any atom is -0.455 e. The number of ether oxygens (including phenoxy) is 2. The van der Waals surface area contributed by atoms with E-state index < -0.39 is 0 Å². The third kappa shape index (κ3) is 4.64. The van der Waals surface area contributed by atoms with E-state index in [1.165, 1.54) is 6.21 Å². The van der Waals surface area contributed by atoms with Crippen LogP contribution in [0.15, 0.2) is 58.0 Å². The van der Waals surface area contributed by atoms with Crippen LogP contribution in [0.4, 0.5) is 5.69 Å². The fourth-order valence-electron chi connectivity index (χ4n) is 2.65. The largest absolute Gasteiger partial charge is 0.455 e. The van der Waals surface area contributed by atoms with Gasteiger partial charge in [-0.25, -0.2) is 5.43 Å². The number of carbonyl (C=O) groups excluding carboxylic acids is 1. The molecule has 2 N–H and O–H groups in total. The number of hydrogen-bond donors (Lipinski definition) is 2. The van der Waals surface area contributed by atoms with Crippen molar-refractivity contribution in [3.8, 4) is 22.8 Å². The van der Waals surface area contributed by atoms with Gasteiger partial charge in [0.2, 0.25) is 6.79 Å². The molecule has 9 heteroatoms. The summed E-state index contributed by atoms with van der Waals surface area (Å²) in [5, 5.41) is 7.92. The second kappa shape index (κ2) is 8.46. The van der Waals surface area contributed by atoms with E-state index in [0.29, 0.717) is 38.6 Å². The molecule has 0 aliphatic carbocycles. The minimum absolute atomic E-state index is 0.0424. The van der Waals surface area contributed by atoms with Gasteiger partial charge in [-0.3, -0.25) is 4.79 Å². The van der Waals surface area contributed by atoms with Gasteiger partial charge >= 0.3 is 0 Å². The Bertz CT molecular complexity index is 1080. The quantitative estimate of drug-likeness (QED) is 0.441. The number of amides is 1. The van der Waals surface area contributed by atoms with Crippen molar-refractivity contribution >= 4 is 41.0 Å². The van der Waals surface area contributed by atoms with Crippen LogP contribution in [0.1, 0.15) is 5.76 Å². The average Bonchev–Trinajstić information content (AvgIpc) is 3.35. The Morgan fingerprint density at radius 3 is 2.79 bits per heavy atom. The molecule has 0 atom stereocenters. The van der Waals surface area contributed by atoms with E-state index in [0.717, 1.165) is 5.69 Å². The van der Waals surface area contributed by atoms with Crippen LogP contribution in [0.5, 0.6) is 11.5 Å². The molecule has 148 valence electrons. The molecule has 0 radical (unpaired) electrons. The summed E-state index contributed by atoms with van der Waals surface area (Å²) >= 11 is 12.1. The van der Waals surface area contributed by atoms with Gasteiger partial charge in [-0.05, 0) is 42.5 Å². The molecule has 0 fully saturated rings. The highest BCUT2D eigenvalue weighted by molar-refractivity contribution is 6.36. The van der Waals surface area contributed by atoms with Gasteiger partial charge in [0.1, 0.15) is 11.5 Å². The number of hydrogen-bond acceptors (Lipinski definition) is 6. The first-order valence-corrected chi connectivity index (χ1v) is 9.35. The summed E-state index contributed by atoms with van der Waals surface area (Å²) in [6.07, 6.45) is 1.41. The SMILES string of the molecule is O=C(CNc1ccc2c(c1)OCO2)N/N=C\c1ccc(-c2ccc(Cl)cc2Cl)o1. The highest BCUT2D eigenvalue weighted by Gasteiger charge is 2.13. The lowest BCUT2D eigenvalue weighted by atomic mass is 10.2. The number of halogens is 2. The van der Waals surface area contributed by atoms with Crippen LogP contribution >= 0.6 is 23.2 Å². The topological polar surface area (TPSA) is 85.1 Å². The molecule has 29 heavy (non-hydrogen) atoms. The summed E-state index contributed by atoms with van der Waals surface area (Å²) < 4.78 is 16.2. The monoisotopic (exact) mass is 431 g/mol. The summed E-state index contributed by atoms with van der Waals surface area (Å²) in [7, 11) is 0. The van der Waals surface area contributed by atoms with E-state index in [1.54, 1.807) is 48.5 Å². The van der Waals surface area contributed by atoms with Crippen LogP contribution in [0.3, 0.4) is 0 Å². The molecule has 1 aliphatic heterocycles. The first-order chi connectivity index (χ1) is 14.1. The van der Waals surface area contributed by atoms with Crippen LogP contribution in [0.25, 0.3) is 11.3 Å². The predicted octanol–water partition coefficient (Wildman–Crippen LogP) is 4.54. The van der Waals surface area contributed by atoms with Crippen LogP contribution in [-0.2, 0) is 4.79 Å². The van der Waals surface area contributed by atoms with Crippen LogP contribution in [-0.4, -0.2) is 25.5 Å². The lowest BCUT2D eigenvalue weighted by Crippen LogP contribution is -2.25. The van der Waals surface area contributed by atoms with E-state index in [2.05, 4.69) is 15.8 Å². The zero-order valence-corrected chi connectivity index (χ0v) is 16.5. The van der Waals surface area contributed by atoms with E-state index in [-0.39, 0.29) is 19.2 Å².